The summed E-state index contributed by atoms with van der Waals surface area (Å²) in [4.78, 5) is 59.2. The number of amides is 3. The third-order valence-corrected chi connectivity index (χ3v) is 10.9. The summed E-state index contributed by atoms with van der Waals surface area (Å²) in [5, 5.41) is 13.3. The summed E-state index contributed by atoms with van der Waals surface area (Å²) in [6.07, 6.45) is 2.74. The van der Waals surface area contributed by atoms with Gasteiger partial charge in [0.15, 0.2) is 0 Å². The summed E-state index contributed by atoms with van der Waals surface area (Å²) >= 11 is 3.72. The minimum absolute atomic E-state index is 0.180. The van der Waals surface area contributed by atoms with Crippen molar-refractivity contribution in [3.63, 3.8) is 0 Å². The summed E-state index contributed by atoms with van der Waals surface area (Å²) in [5.41, 5.74) is 1.79. The number of fused-ring (bicyclic) bond motifs is 1. The van der Waals surface area contributed by atoms with Crippen LogP contribution in [0.25, 0.3) is 0 Å². The molecular formula is C38H46BrN3O7. The van der Waals surface area contributed by atoms with Crippen molar-refractivity contribution in [3.8, 4) is 0 Å². The molecule has 3 heterocycles. The molecule has 3 aliphatic rings. The number of esters is 1. The van der Waals surface area contributed by atoms with Gasteiger partial charge in [0.1, 0.15) is 17.7 Å². The number of carbonyl (C=O) groups excluding carboxylic acids is 4. The van der Waals surface area contributed by atoms with E-state index in [1.54, 1.807) is 30.9 Å². The number of aliphatic hydroxyl groups excluding tert-OH is 1. The molecule has 0 saturated carbocycles. The summed E-state index contributed by atoms with van der Waals surface area (Å²) in [6.45, 7) is 14.7. The Morgan fingerprint density at radius 1 is 1.12 bits per heavy atom. The Morgan fingerprint density at radius 3 is 2.41 bits per heavy atom. The molecule has 11 heteroatoms. The molecule has 3 amide bonds. The number of halogens is 1. The van der Waals surface area contributed by atoms with E-state index in [1.807, 2.05) is 62.4 Å². The fourth-order valence-corrected chi connectivity index (χ4v) is 8.86. The predicted octanol–water partition coefficient (Wildman–Crippen LogP) is 4.71. The summed E-state index contributed by atoms with van der Waals surface area (Å²) < 4.78 is 12.9. The van der Waals surface area contributed by atoms with Gasteiger partial charge in [0.05, 0.1) is 36.6 Å². The van der Waals surface area contributed by atoms with Crippen LogP contribution in [0, 0.1) is 25.7 Å². The molecule has 5 rings (SSSR count). The van der Waals surface area contributed by atoms with Gasteiger partial charge in [-0.15, -0.1) is 13.2 Å². The van der Waals surface area contributed by atoms with Gasteiger partial charge in [-0.1, -0.05) is 76.6 Å². The molecule has 1 spiro atoms. The Hall–Kier alpha value is -3.80. The SMILES string of the molecule is C=CCCC(=O)N[C@H](C)[C@@H](OC(=O)[C@H]1[C@@H]2O[C@@]3(CC2Br)[C@@H]1C(=O)N([C@H](C)CO)[C@@H]3C(=O)N(CC=C)c1c(C)cccc1C)c1ccccc1. The highest BCUT2D eigenvalue weighted by Gasteiger charge is 2.77. The number of alkyl halides is 1. The molecule has 9 atom stereocenters. The van der Waals surface area contributed by atoms with Gasteiger partial charge < -0.3 is 29.7 Å². The molecule has 1 unspecified atom stereocenters. The number of carbonyl (C=O) groups is 4. The molecule has 2 aromatic rings. The molecule has 2 bridgehead atoms. The van der Waals surface area contributed by atoms with E-state index < -0.39 is 66.3 Å². The number of rotatable bonds is 14. The lowest BCUT2D eigenvalue weighted by Gasteiger charge is -2.39. The average molecular weight is 737 g/mol. The number of anilines is 1. The lowest BCUT2D eigenvalue weighted by molar-refractivity contribution is -0.162. The number of hydrogen-bond donors (Lipinski definition) is 2. The maximum atomic E-state index is 14.9. The Labute approximate surface area is 296 Å². The first-order valence-electron chi connectivity index (χ1n) is 16.8. The van der Waals surface area contributed by atoms with Gasteiger partial charge in [0.2, 0.25) is 11.8 Å². The van der Waals surface area contributed by atoms with Crippen molar-refractivity contribution in [3.05, 3.63) is 90.5 Å². The van der Waals surface area contributed by atoms with Crippen LogP contribution < -0.4 is 10.2 Å². The molecule has 49 heavy (non-hydrogen) atoms. The van der Waals surface area contributed by atoms with E-state index in [9.17, 15) is 24.3 Å². The van der Waals surface area contributed by atoms with E-state index >= 15 is 0 Å². The molecule has 0 aliphatic carbocycles. The number of hydrogen-bond acceptors (Lipinski definition) is 7. The van der Waals surface area contributed by atoms with Crippen LogP contribution in [-0.2, 0) is 28.7 Å². The van der Waals surface area contributed by atoms with Crippen molar-refractivity contribution < 1.29 is 33.8 Å². The van der Waals surface area contributed by atoms with E-state index in [-0.39, 0.29) is 29.6 Å². The van der Waals surface area contributed by atoms with Gasteiger partial charge in [-0.3, -0.25) is 19.2 Å². The first kappa shape index (κ1) is 36.5. The second kappa shape index (κ2) is 15.0. The zero-order valence-electron chi connectivity index (χ0n) is 28.5. The van der Waals surface area contributed by atoms with Crippen molar-refractivity contribution in [2.75, 3.05) is 18.1 Å². The van der Waals surface area contributed by atoms with Crippen molar-refractivity contribution in [1.82, 2.24) is 10.2 Å². The van der Waals surface area contributed by atoms with E-state index in [0.717, 1.165) is 11.1 Å². The molecular weight excluding hydrogens is 690 g/mol. The number of nitrogens with zero attached hydrogens (tertiary/aromatic N) is 2. The minimum atomic E-state index is -1.36. The van der Waals surface area contributed by atoms with E-state index in [4.69, 9.17) is 9.47 Å². The van der Waals surface area contributed by atoms with Crippen LogP contribution in [0.5, 0.6) is 0 Å². The molecule has 0 radical (unpaired) electrons. The highest BCUT2D eigenvalue weighted by atomic mass is 79.9. The lowest BCUT2D eigenvalue weighted by Crippen LogP contribution is -2.59. The van der Waals surface area contributed by atoms with Crippen molar-refractivity contribution in [2.45, 2.75) is 87.7 Å². The monoisotopic (exact) mass is 735 g/mol. The smallest absolute Gasteiger partial charge is 0.313 e. The fraction of sp³-hybridized carbons (Fsp3) is 0.474. The lowest BCUT2D eigenvalue weighted by atomic mass is 9.70. The van der Waals surface area contributed by atoms with Crippen LogP contribution in [0.3, 0.4) is 0 Å². The summed E-state index contributed by atoms with van der Waals surface area (Å²) in [6, 6.07) is 12.4. The summed E-state index contributed by atoms with van der Waals surface area (Å²) in [5.74, 6) is -3.75. The largest absolute Gasteiger partial charge is 0.455 e. The normalized spacial score (nSPS) is 27.2. The molecule has 262 valence electrons. The Kier molecular flexibility index (Phi) is 11.2. The molecule has 3 aliphatic heterocycles. The zero-order chi connectivity index (χ0) is 35.6. The van der Waals surface area contributed by atoms with Gasteiger partial charge in [0.25, 0.3) is 5.91 Å². The molecule has 10 nitrogen and oxygen atoms in total. The van der Waals surface area contributed by atoms with Gasteiger partial charge in [-0.2, -0.15) is 0 Å². The number of likely N-dealkylation sites (tertiary alicyclic amines) is 1. The Balaban J connectivity index is 1.53. The second-order valence-corrected chi connectivity index (χ2v) is 14.5. The Bertz CT molecular complexity index is 1580. The molecule has 2 aromatic carbocycles. The highest BCUT2D eigenvalue weighted by molar-refractivity contribution is 9.09. The number of aliphatic hydroxyl groups is 1. The molecule has 3 saturated heterocycles. The quantitative estimate of drug-likeness (QED) is 0.164. The van der Waals surface area contributed by atoms with Crippen LogP contribution in [0.2, 0.25) is 0 Å². The first-order chi connectivity index (χ1) is 23.4. The number of para-hydroxylation sites is 1. The Morgan fingerprint density at radius 2 is 1.80 bits per heavy atom. The van der Waals surface area contributed by atoms with E-state index in [2.05, 4.69) is 34.4 Å². The number of allylic oxidation sites excluding steroid dienone is 1. The topological polar surface area (TPSA) is 125 Å². The number of aryl methyl sites for hydroxylation is 2. The third kappa shape index (κ3) is 6.60. The van der Waals surface area contributed by atoms with Crippen molar-refractivity contribution >= 4 is 45.3 Å². The molecule has 2 N–H and O–H groups in total. The zero-order valence-corrected chi connectivity index (χ0v) is 30.1. The van der Waals surface area contributed by atoms with Crippen LogP contribution in [0.4, 0.5) is 5.69 Å². The second-order valence-electron chi connectivity index (χ2n) is 13.4. The maximum absolute atomic E-state index is 14.9. The predicted molar refractivity (Wildman–Crippen MR) is 190 cm³/mol. The average Bonchev–Trinajstić information content (AvgIpc) is 3.68. The maximum Gasteiger partial charge on any atom is 0.313 e. The molecule has 0 aromatic heterocycles. The van der Waals surface area contributed by atoms with Crippen LogP contribution in [0.1, 0.15) is 55.9 Å². The van der Waals surface area contributed by atoms with Crippen molar-refractivity contribution in [1.29, 1.82) is 0 Å². The minimum Gasteiger partial charge on any atom is -0.455 e. The van der Waals surface area contributed by atoms with Crippen LogP contribution in [-0.4, -0.2) is 81.5 Å². The fourth-order valence-electron chi connectivity index (χ4n) is 7.92. The molecule has 3 fully saturated rings. The first-order valence-corrected chi connectivity index (χ1v) is 17.7. The van der Waals surface area contributed by atoms with Gasteiger partial charge in [0, 0.05) is 23.5 Å². The third-order valence-electron chi connectivity index (χ3n) is 10.0. The highest BCUT2D eigenvalue weighted by Crippen LogP contribution is 2.61. The van der Waals surface area contributed by atoms with E-state index in [1.165, 1.54) is 4.90 Å². The van der Waals surface area contributed by atoms with Crippen LogP contribution in [0.15, 0.2) is 73.8 Å². The van der Waals surface area contributed by atoms with E-state index in [0.29, 0.717) is 24.1 Å². The van der Waals surface area contributed by atoms with Crippen LogP contribution >= 0.6 is 15.9 Å². The standard InChI is InChI=1S/C38H46BrN3O7/c1-7-9-18-28(44)40-25(6)32(26-16-11-10-12-17-26)48-37(47)29-30-35(45)42(24(5)21-43)34(38(30)20-27(39)33(29)49-38)36(46)41(19-8-2)31-22(3)14-13-15-23(31)4/h7-8,10-17,24-25,27,29-30,32-34,43H,1-2,9,18-21H2,3-6H3,(H,40,44)/t24-,25-,27?,29-,30+,32-,33-,34-,38+/m1/s1. The summed E-state index contributed by atoms with van der Waals surface area (Å²) in [7, 11) is 0. The van der Waals surface area contributed by atoms with Gasteiger partial charge in [-0.05, 0) is 57.2 Å². The number of benzene rings is 2. The van der Waals surface area contributed by atoms with Crippen molar-refractivity contribution in [2.24, 2.45) is 11.8 Å². The van der Waals surface area contributed by atoms with Gasteiger partial charge in [-0.25, -0.2) is 0 Å². The number of ether oxygens (including phenoxy) is 2. The number of nitrogens with one attached hydrogen (secondary N) is 1. The van der Waals surface area contributed by atoms with Gasteiger partial charge >= 0.3 is 5.97 Å².